The molecule has 0 saturated carbocycles. The van der Waals surface area contributed by atoms with E-state index >= 15 is 0 Å². The van der Waals surface area contributed by atoms with Crippen LogP contribution in [-0.2, 0) is 19.2 Å². The standard InChI is InChI=1S/C27H34N2O5SSi/c1-27(2,3)36(23-11-7-5-8-12-23,24-13-9-6-10-14-24)34-25(19-20-30)26(31)29-21-15-17-22(18-16-21)35(32,33)28-4/h5-18,25,28,30H,19-20H2,1-4H3,(H,29,31)/t25-/m1/s1. The van der Waals surface area contributed by atoms with Crippen molar-refractivity contribution in [1.29, 1.82) is 0 Å². The molecule has 3 aromatic carbocycles. The monoisotopic (exact) mass is 526 g/mol. The first kappa shape index (κ1) is 27.8. The Morgan fingerprint density at radius 3 is 1.83 bits per heavy atom. The summed E-state index contributed by atoms with van der Waals surface area (Å²) in [5.41, 5.74) is 0.434. The Bertz CT molecular complexity index is 1210. The van der Waals surface area contributed by atoms with Crippen molar-refractivity contribution >= 4 is 40.3 Å². The number of anilines is 1. The average molecular weight is 527 g/mol. The summed E-state index contributed by atoms with van der Waals surface area (Å²) < 4.78 is 33.2. The van der Waals surface area contributed by atoms with Gasteiger partial charge >= 0.3 is 0 Å². The van der Waals surface area contributed by atoms with E-state index in [4.69, 9.17) is 4.43 Å². The average Bonchev–Trinajstić information content (AvgIpc) is 2.87. The van der Waals surface area contributed by atoms with Crippen molar-refractivity contribution in [3.63, 3.8) is 0 Å². The van der Waals surface area contributed by atoms with E-state index in [0.717, 1.165) is 10.4 Å². The minimum absolute atomic E-state index is 0.0958. The topological polar surface area (TPSA) is 105 Å². The number of hydrogen-bond acceptors (Lipinski definition) is 5. The predicted octanol–water partition coefficient (Wildman–Crippen LogP) is 2.86. The third kappa shape index (κ3) is 5.93. The second kappa shape index (κ2) is 11.5. The number of hydrogen-bond donors (Lipinski definition) is 3. The maximum Gasteiger partial charge on any atom is 0.262 e. The number of aliphatic hydroxyl groups is 1. The van der Waals surface area contributed by atoms with Crippen LogP contribution in [-0.4, -0.2) is 47.5 Å². The second-order valence-corrected chi connectivity index (χ2v) is 15.6. The van der Waals surface area contributed by atoms with Crippen molar-refractivity contribution in [2.45, 2.75) is 43.2 Å². The molecular weight excluding hydrogens is 492 g/mol. The van der Waals surface area contributed by atoms with Crippen LogP contribution in [0.15, 0.2) is 89.8 Å². The van der Waals surface area contributed by atoms with E-state index < -0.39 is 30.4 Å². The first-order valence-electron chi connectivity index (χ1n) is 11.8. The molecule has 3 N–H and O–H groups in total. The lowest BCUT2D eigenvalue weighted by Crippen LogP contribution is -2.68. The Morgan fingerprint density at radius 2 is 1.42 bits per heavy atom. The lowest BCUT2D eigenvalue weighted by Gasteiger charge is -2.44. The quantitative estimate of drug-likeness (QED) is 0.353. The molecule has 192 valence electrons. The lowest BCUT2D eigenvalue weighted by molar-refractivity contribution is -0.123. The first-order valence-corrected chi connectivity index (χ1v) is 15.2. The van der Waals surface area contributed by atoms with Gasteiger partial charge in [0.1, 0.15) is 6.10 Å². The van der Waals surface area contributed by atoms with E-state index in [0.29, 0.717) is 5.69 Å². The molecule has 0 aliphatic carbocycles. The Kier molecular flexibility index (Phi) is 8.86. The van der Waals surface area contributed by atoms with Crippen LogP contribution in [0.4, 0.5) is 5.69 Å². The van der Waals surface area contributed by atoms with Gasteiger partial charge in [0.05, 0.1) is 4.90 Å². The molecule has 0 fully saturated rings. The van der Waals surface area contributed by atoms with E-state index in [2.05, 4.69) is 30.8 Å². The molecule has 1 atom stereocenters. The zero-order valence-corrected chi connectivity index (χ0v) is 22.9. The Balaban J connectivity index is 2.01. The van der Waals surface area contributed by atoms with E-state index in [1.807, 2.05) is 60.7 Å². The Morgan fingerprint density at radius 1 is 0.917 bits per heavy atom. The molecule has 1 amide bonds. The van der Waals surface area contributed by atoms with Gasteiger partial charge in [-0.05, 0) is 46.7 Å². The number of rotatable bonds is 10. The van der Waals surface area contributed by atoms with Gasteiger partial charge in [-0.1, -0.05) is 81.4 Å². The zero-order chi connectivity index (χ0) is 26.4. The van der Waals surface area contributed by atoms with Crippen molar-refractivity contribution in [1.82, 2.24) is 4.72 Å². The van der Waals surface area contributed by atoms with E-state index in [9.17, 15) is 18.3 Å². The van der Waals surface area contributed by atoms with Gasteiger partial charge in [-0.25, -0.2) is 13.1 Å². The molecule has 0 heterocycles. The molecule has 0 aliphatic heterocycles. The smallest absolute Gasteiger partial charge is 0.262 e. The van der Waals surface area contributed by atoms with Crippen molar-refractivity contribution in [2.75, 3.05) is 19.0 Å². The Labute approximate surface area is 214 Å². The molecule has 3 aromatic rings. The van der Waals surface area contributed by atoms with E-state index in [1.165, 1.54) is 31.3 Å². The van der Waals surface area contributed by atoms with Crippen LogP contribution in [0.1, 0.15) is 27.2 Å². The summed E-state index contributed by atoms with van der Waals surface area (Å²) in [4.78, 5) is 13.5. The molecular formula is C27H34N2O5SSi. The number of amides is 1. The third-order valence-corrected chi connectivity index (χ3v) is 12.6. The summed E-state index contributed by atoms with van der Waals surface area (Å²) in [5.74, 6) is -0.402. The van der Waals surface area contributed by atoms with Gasteiger partial charge in [0.25, 0.3) is 14.2 Å². The maximum atomic E-state index is 13.5. The fraction of sp³-hybridized carbons (Fsp3) is 0.296. The SMILES string of the molecule is CNS(=O)(=O)c1ccc(NC(=O)[C@@H](CCO)O[Si](c2ccccc2)(c2ccccc2)C(C)(C)C)cc1. The molecule has 7 nitrogen and oxygen atoms in total. The summed E-state index contributed by atoms with van der Waals surface area (Å²) in [6, 6.07) is 25.8. The number of sulfonamides is 1. The van der Waals surface area contributed by atoms with Crippen LogP contribution in [0.25, 0.3) is 0 Å². The maximum absolute atomic E-state index is 13.5. The molecule has 0 aliphatic rings. The van der Waals surface area contributed by atoms with Crippen molar-refractivity contribution in [3.8, 4) is 0 Å². The molecule has 0 saturated heterocycles. The minimum Gasteiger partial charge on any atom is -0.396 e. The lowest BCUT2D eigenvalue weighted by atomic mass is 10.2. The summed E-state index contributed by atoms with van der Waals surface area (Å²) >= 11 is 0. The van der Waals surface area contributed by atoms with E-state index in [1.54, 1.807) is 0 Å². The van der Waals surface area contributed by atoms with Gasteiger partial charge in [0.2, 0.25) is 10.0 Å². The summed E-state index contributed by atoms with van der Waals surface area (Å²) in [5, 5.41) is 14.4. The highest BCUT2D eigenvalue weighted by Gasteiger charge is 2.52. The van der Waals surface area contributed by atoms with Crippen LogP contribution in [0.5, 0.6) is 0 Å². The predicted molar refractivity (Wildman–Crippen MR) is 146 cm³/mol. The van der Waals surface area contributed by atoms with Crippen molar-refractivity contribution < 1.29 is 22.7 Å². The molecule has 3 rings (SSSR count). The number of nitrogens with one attached hydrogen (secondary N) is 2. The van der Waals surface area contributed by atoms with Gasteiger partial charge in [0, 0.05) is 18.7 Å². The molecule has 0 bridgehead atoms. The highest BCUT2D eigenvalue weighted by atomic mass is 32.2. The van der Waals surface area contributed by atoms with Crippen molar-refractivity contribution in [2.24, 2.45) is 0 Å². The second-order valence-electron chi connectivity index (χ2n) is 9.50. The fourth-order valence-corrected chi connectivity index (χ4v) is 9.72. The fourth-order valence-electron chi connectivity index (χ4n) is 4.32. The minimum atomic E-state index is -3.58. The highest BCUT2D eigenvalue weighted by Crippen LogP contribution is 2.38. The number of aliphatic hydroxyl groups excluding tert-OH is 1. The highest BCUT2D eigenvalue weighted by molar-refractivity contribution is 7.89. The molecule has 0 radical (unpaired) electrons. The van der Waals surface area contributed by atoms with Crippen molar-refractivity contribution in [3.05, 3.63) is 84.9 Å². The van der Waals surface area contributed by atoms with Gasteiger partial charge < -0.3 is 14.8 Å². The molecule has 0 aromatic heterocycles. The number of carbonyl (C=O) groups is 1. The van der Waals surface area contributed by atoms with Gasteiger partial charge in [-0.15, -0.1) is 0 Å². The van der Waals surface area contributed by atoms with E-state index in [-0.39, 0.29) is 23.0 Å². The normalized spacial score (nSPS) is 13.2. The largest absolute Gasteiger partial charge is 0.396 e. The number of benzene rings is 3. The van der Waals surface area contributed by atoms with Gasteiger partial charge in [0.15, 0.2) is 0 Å². The molecule has 0 unspecified atom stereocenters. The molecule has 0 spiro atoms. The third-order valence-electron chi connectivity index (χ3n) is 6.12. The van der Waals surface area contributed by atoms with Crippen LogP contribution in [0, 0.1) is 0 Å². The Hall–Kier alpha value is -2.82. The summed E-state index contributed by atoms with van der Waals surface area (Å²) in [6.07, 6.45) is -0.815. The molecule has 36 heavy (non-hydrogen) atoms. The van der Waals surface area contributed by atoms with Gasteiger partial charge in [-0.3, -0.25) is 4.79 Å². The zero-order valence-electron chi connectivity index (χ0n) is 21.1. The van der Waals surface area contributed by atoms with Crippen LogP contribution in [0.2, 0.25) is 5.04 Å². The van der Waals surface area contributed by atoms with Crippen LogP contribution >= 0.6 is 0 Å². The first-order chi connectivity index (χ1) is 17.0. The molecule has 9 heteroatoms. The van der Waals surface area contributed by atoms with Crippen LogP contribution < -0.4 is 20.4 Å². The summed E-state index contributed by atoms with van der Waals surface area (Å²) in [7, 11) is -5.27. The summed E-state index contributed by atoms with van der Waals surface area (Å²) in [6.45, 7) is 6.13. The van der Waals surface area contributed by atoms with Crippen LogP contribution in [0.3, 0.4) is 0 Å². The van der Waals surface area contributed by atoms with Gasteiger partial charge in [-0.2, -0.15) is 0 Å². The number of carbonyl (C=O) groups excluding carboxylic acids is 1.